The molecular formula is C12H14N4O3. The number of nitro benzene ring substituents is 1. The minimum atomic E-state index is -0.426. The third-order valence-electron chi connectivity index (χ3n) is 2.53. The second-order valence-corrected chi connectivity index (χ2v) is 4.38. The average Bonchev–Trinajstić information content (AvgIpc) is 2.86. The summed E-state index contributed by atoms with van der Waals surface area (Å²) >= 11 is 0. The average molecular weight is 262 g/mol. The second kappa shape index (κ2) is 5.47. The number of aromatic nitrogens is 2. The van der Waals surface area contributed by atoms with Crippen LogP contribution >= 0.6 is 0 Å². The maximum Gasteiger partial charge on any atom is 0.315 e. The van der Waals surface area contributed by atoms with Crippen molar-refractivity contribution in [2.45, 2.75) is 26.3 Å². The molecule has 2 aromatic rings. The van der Waals surface area contributed by atoms with Crippen molar-refractivity contribution in [3.8, 4) is 0 Å². The Kier molecular flexibility index (Phi) is 3.74. The van der Waals surface area contributed by atoms with Crippen LogP contribution in [0.25, 0.3) is 0 Å². The van der Waals surface area contributed by atoms with Crippen LogP contribution in [0.4, 0.5) is 11.7 Å². The van der Waals surface area contributed by atoms with E-state index >= 15 is 0 Å². The minimum absolute atomic E-state index is 0.0728. The van der Waals surface area contributed by atoms with Gasteiger partial charge in [-0.25, -0.2) is 0 Å². The molecule has 0 aliphatic rings. The van der Waals surface area contributed by atoms with Gasteiger partial charge >= 0.3 is 6.01 Å². The second-order valence-electron chi connectivity index (χ2n) is 4.38. The molecule has 0 saturated carbocycles. The number of nitro groups is 1. The third-order valence-corrected chi connectivity index (χ3v) is 2.53. The lowest BCUT2D eigenvalue weighted by Crippen LogP contribution is -1.99. The van der Waals surface area contributed by atoms with Crippen LogP contribution in [0.5, 0.6) is 0 Å². The molecule has 7 nitrogen and oxygen atoms in total. The maximum atomic E-state index is 10.5. The Hall–Kier alpha value is -2.44. The molecule has 19 heavy (non-hydrogen) atoms. The van der Waals surface area contributed by atoms with E-state index in [-0.39, 0.29) is 11.6 Å². The number of benzene rings is 1. The molecule has 2 rings (SSSR count). The molecule has 0 atom stereocenters. The zero-order valence-electron chi connectivity index (χ0n) is 10.7. The Balaban J connectivity index is 1.96. The van der Waals surface area contributed by atoms with Crippen molar-refractivity contribution >= 4 is 11.7 Å². The molecule has 7 heteroatoms. The zero-order chi connectivity index (χ0) is 13.8. The first kappa shape index (κ1) is 13.0. The predicted octanol–water partition coefficient (Wildman–Crippen LogP) is 2.71. The number of nitrogens with zero attached hydrogens (tertiary/aromatic N) is 3. The molecular weight excluding hydrogens is 248 g/mol. The molecule has 1 N–H and O–H groups in total. The summed E-state index contributed by atoms with van der Waals surface area (Å²) in [6, 6.07) is 6.65. The molecule has 0 radical (unpaired) electrons. The highest BCUT2D eigenvalue weighted by Gasteiger charge is 2.09. The van der Waals surface area contributed by atoms with Crippen molar-refractivity contribution in [3.05, 3.63) is 45.8 Å². The summed E-state index contributed by atoms with van der Waals surface area (Å²) in [4.78, 5) is 10.1. The minimum Gasteiger partial charge on any atom is -0.408 e. The number of non-ortho nitro benzene ring substituents is 1. The highest BCUT2D eigenvalue weighted by molar-refractivity contribution is 5.34. The first-order valence-corrected chi connectivity index (χ1v) is 5.87. The molecule has 0 amide bonds. The molecule has 0 unspecified atom stereocenters. The van der Waals surface area contributed by atoms with Gasteiger partial charge in [0.2, 0.25) is 5.89 Å². The largest absolute Gasteiger partial charge is 0.408 e. The number of hydrogen-bond acceptors (Lipinski definition) is 6. The van der Waals surface area contributed by atoms with E-state index in [9.17, 15) is 10.1 Å². The van der Waals surface area contributed by atoms with E-state index in [0.29, 0.717) is 18.5 Å². The third kappa shape index (κ3) is 3.27. The first-order valence-electron chi connectivity index (χ1n) is 5.87. The summed E-state index contributed by atoms with van der Waals surface area (Å²) in [5.74, 6) is 0.758. The summed E-state index contributed by atoms with van der Waals surface area (Å²) in [5, 5.41) is 21.2. The van der Waals surface area contributed by atoms with Gasteiger partial charge in [0.25, 0.3) is 5.69 Å². The SMILES string of the molecule is CC(C)c1nnc(NCc2ccc([N+](=O)[O-])cc2)o1. The smallest absolute Gasteiger partial charge is 0.315 e. The van der Waals surface area contributed by atoms with Crippen molar-refractivity contribution in [3.63, 3.8) is 0 Å². The fourth-order valence-corrected chi connectivity index (χ4v) is 1.45. The summed E-state index contributed by atoms with van der Waals surface area (Å²) in [6.45, 7) is 4.40. The van der Waals surface area contributed by atoms with Crippen LogP contribution in [0, 0.1) is 10.1 Å². The Labute approximate surface area is 109 Å². The molecule has 1 aromatic heterocycles. The monoisotopic (exact) mass is 262 g/mol. The lowest BCUT2D eigenvalue weighted by molar-refractivity contribution is -0.384. The topological polar surface area (TPSA) is 94.1 Å². The van der Waals surface area contributed by atoms with E-state index in [1.807, 2.05) is 13.8 Å². The van der Waals surface area contributed by atoms with E-state index in [0.717, 1.165) is 5.56 Å². The van der Waals surface area contributed by atoms with Crippen LogP contribution in [0.1, 0.15) is 31.2 Å². The fraction of sp³-hybridized carbons (Fsp3) is 0.333. The van der Waals surface area contributed by atoms with Gasteiger partial charge in [0.1, 0.15) is 0 Å². The van der Waals surface area contributed by atoms with Gasteiger partial charge in [-0.1, -0.05) is 31.1 Å². The van der Waals surface area contributed by atoms with Gasteiger partial charge in [-0.15, -0.1) is 5.10 Å². The molecule has 1 aromatic carbocycles. The highest BCUT2D eigenvalue weighted by atomic mass is 16.6. The zero-order valence-corrected chi connectivity index (χ0v) is 10.7. The number of nitrogens with one attached hydrogen (secondary N) is 1. The first-order chi connectivity index (χ1) is 9.06. The van der Waals surface area contributed by atoms with Gasteiger partial charge in [-0.3, -0.25) is 10.1 Å². The highest BCUT2D eigenvalue weighted by Crippen LogP contribution is 2.16. The number of anilines is 1. The lowest BCUT2D eigenvalue weighted by atomic mass is 10.2. The normalized spacial score (nSPS) is 10.7. The lowest BCUT2D eigenvalue weighted by Gasteiger charge is -2.01. The molecule has 0 spiro atoms. The summed E-state index contributed by atoms with van der Waals surface area (Å²) in [7, 11) is 0. The molecule has 0 bridgehead atoms. The Morgan fingerprint density at radius 2 is 2.00 bits per heavy atom. The van der Waals surface area contributed by atoms with Gasteiger partial charge in [0, 0.05) is 24.6 Å². The van der Waals surface area contributed by atoms with Crippen molar-refractivity contribution in [1.29, 1.82) is 0 Å². The van der Waals surface area contributed by atoms with Gasteiger partial charge in [0.15, 0.2) is 0 Å². The molecule has 0 aliphatic heterocycles. The van der Waals surface area contributed by atoms with E-state index in [1.165, 1.54) is 12.1 Å². The molecule has 100 valence electrons. The van der Waals surface area contributed by atoms with Crippen molar-refractivity contribution in [2.24, 2.45) is 0 Å². The maximum absolute atomic E-state index is 10.5. The van der Waals surface area contributed by atoms with E-state index < -0.39 is 4.92 Å². The van der Waals surface area contributed by atoms with Crippen LogP contribution in [0.15, 0.2) is 28.7 Å². The molecule has 0 saturated heterocycles. The number of hydrogen-bond donors (Lipinski definition) is 1. The van der Waals surface area contributed by atoms with Gasteiger partial charge in [-0.2, -0.15) is 0 Å². The van der Waals surface area contributed by atoms with Crippen LogP contribution < -0.4 is 5.32 Å². The van der Waals surface area contributed by atoms with Crippen LogP contribution in [-0.4, -0.2) is 15.1 Å². The predicted molar refractivity (Wildman–Crippen MR) is 68.8 cm³/mol. The Bertz CT molecular complexity index is 563. The van der Waals surface area contributed by atoms with Crippen molar-refractivity contribution in [1.82, 2.24) is 10.2 Å². The van der Waals surface area contributed by atoms with Gasteiger partial charge in [-0.05, 0) is 5.56 Å². The summed E-state index contributed by atoms with van der Waals surface area (Å²) < 4.78 is 5.39. The molecule has 0 fully saturated rings. The van der Waals surface area contributed by atoms with E-state index in [1.54, 1.807) is 12.1 Å². The van der Waals surface area contributed by atoms with Crippen LogP contribution in [0.3, 0.4) is 0 Å². The van der Waals surface area contributed by atoms with Crippen molar-refractivity contribution in [2.75, 3.05) is 5.32 Å². The standard InChI is InChI=1S/C12H14N4O3/c1-8(2)11-14-15-12(19-11)13-7-9-3-5-10(6-4-9)16(17)18/h3-6,8H,7H2,1-2H3,(H,13,15). The van der Waals surface area contributed by atoms with Crippen LogP contribution in [-0.2, 0) is 6.54 Å². The number of rotatable bonds is 5. The summed E-state index contributed by atoms with van der Waals surface area (Å²) in [5.41, 5.74) is 0.971. The molecule has 0 aliphatic carbocycles. The van der Waals surface area contributed by atoms with Gasteiger partial charge < -0.3 is 9.73 Å². The quantitative estimate of drug-likeness (QED) is 0.657. The van der Waals surface area contributed by atoms with E-state index in [4.69, 9.17) is 4.42 Å². The Morgan fingerprint density at radius 3 is 2.53 bits per heavy atom. The van der Waals surface area contributed by atoms with Crippen LogP contribution in [0.2, 0.25) is 0 Å². The summed E-state index contributed by atoms with van der Waals surface area (Å²) in [6.07, 6.45) is 0. The molecule has 1 heterocycles. The van der Waals surface area contributed by atoms with Gasteiger partial charge in [0.05, 0.1) is 4.92 Å². The van der Waals surface area contributed by atoms with Crippen molar-refractivity contribution < 1.29 is 9.34 Å². The fourth-order valence-electron chi connectivity index (χ4n) is 1.45. The van der Waals surface area contributed by atoms with E-state index in [2.05, 4.69) is 15.5 Å². The Morgan fingerprint density at radius 1 is 1.32 bits per heavy atom.